The second-order valence-electron chi connectivity index (χ2n) is 7.29. The van der Waals surface area contributed by atoms with Gasteiger partial charge in [-0.05, 0) is 50.9 Å². The van der Waals surface area contributed by atoms with Crippen LogP contribution in [0, 0.1) is 12.8 Å². The average molecular weight is 423 g/mol. The first-order chi connectivity index (χ1) is 14.2. The fourth-order valence-corrected chi connectivity index (χ4v) is 3.23. The molecule has 162 valence electrons. The van der Waals surface area contributed by atoms with E-state index in [1.54, 1.807) is 12.1 Å². The first kappa shape index (κ1) is 21.8. The number of urea groups is 1. The van der Waals surface area contributed by atoms with Gasteiger partial charge < -0.3 is 15.4 Å². The van der Waals surface area contributed by atoms with Crippen molar-refractivity contribution in [2.24, 2.45) is 5.92 Å². The van der Waals surface area contributed by atoms with Crippen LogP contribution in [0.5, 0.6) is 5.75 Å². The van der Waals surface area contributed by atoms with Crippen LogP contribution < -0.4 is 20.7 Å². The maximum Gasteiger partial charge on any atom is 0.434 e. The molecule has 7 nitrogen and oxygen atoms in total. The maximum absolute atomic E-state index is 12.6. The number of hydrogen-bond donors (Lipinski definition) is 3. The highest BCUT2D eigenvalue weighted by Crippen LogP contribution is 2.30. The highest BCUT2D eigenvalue weighted by Gasteiger charge is 2.32. The van der Waals surface area contributed by atoms with Crippen LogP contribution in [0.15, 0.2) is 30.6 Å². The zero-order valence-corrected chi connectivity index (χ0v) is 16.7. The van der Waals surface area contributed by atoms with Gasteiger partial charge in [0.2, 0.25) is 0 Å². The Morgan fingerprint density at radius 3 is 2.70 bits per heavy atom. The van der Waals surface area contributed by atoms with Gasteiger partial charge in [-0.15, -0.1) is 0 Å². The molecule has 0 saturated carbocycles. The van der Waals surface area contributed by atoms with E-state index in [1.165, 1.54) is 0 Å². The van der Waals surface area contributed by atoms with E-state index in [1.807, 2.05) is 19.9 Å². The van der Waals surface area contributed by atoms with Crippen LogP contribution in [0.2, 0.25) is 0 Å². The Hall–Kier alpha value is -2.88. The van der Waals surface area contributed by atoms with Crippen molar-refractivity contribution in [3.63, 3.8) is 0 Å². The minimum absolute atomic E-state index is 0.0510. The summed E-state index contributed by atoms with van der Waals surface area (Å²) in [6.45, 7) is 5.76. The largest absolute Gasteiger partial charge is 0.488 e. The van der Waals surface area contributed by atoms with Crippen LogP contribution in [-0.4, -0.2) is 35.2 Å². The molecular weight excluding hydrogens is 399 g/mol. The standard InChI is InChI=1S/C20H24F3N5O2/c1-12-5-6-16(30-13(2)14-4-3-7-24-9-14)15(8-12)27-19(29)28-18-11-25-17(10-26-18)20(21,22)23/h5-6,8,10-11,13-14,24H,3-4,7,9H2,1-2H3,(H2,26,27,28,29). The maximum atomic E-state index is 12.6. The van der Waals surface area contributed by atoms with E-state index < -0.39 is 17.9 Å². The number of aromatic nitrogens is 2. The number of alkyl halides is 3. The number of amides is 2. The lowest BCUT2D eigenvalue weighted by Crippen LogP contribution is -2.38. The number of nitrogens with one attached hydrogen (secondary N) is 3. The Labute approximate surface area is 172 Å². The molecule has 0 bridgehead atoms. The van der Waals surface area contributed by atoms with Gasteiger partial charge in [-0.2, -0.15) is 13.2 Å². The third kappa shape index (κ3) is 5.82. The number of hydrogen-bond acceptors (Lipinski definition) is 5. The van der Waals surface area contributed by atoms with Crippen molar-refractivity contribution in [2.75, 3.05) is 23.7 Å². The van der Waals surface area contributed by atoms with Crippen molar-refractivity contribution in [2.45, 2.75) is 39.0 Å². The summed E-state index contributed by atoms with van der Waals surface area (Å²) < 4.78 is 43.8. The normalized spacial score (nSPS) is 17.8. The van der Waals surface area contributed by atoms with Crippen molar-refractivity contribution in [1.29, 1.82) is 0 Å². The highest BCUT2D eigenvalue weighted by molar-refractivity contribution is 6.00. The van der Waals surface area contributed by atoms with Crippen LogP contribution in [0.25, 0.3) is 0 Å². The molecule has 2 amide bonds. The molecule has 30 heavy (non-hydrogen) atoms. The zero-order valence-electron chi connectivity index (χ0n) is 16.7. The van der Waals surface area contributed by atoms with Crippen LogP contribution in [-0.2, 0) is 6.18 Å². The fraction of sp³-hybridized carbons (Fsp3) is 0.450. The second kappa shape index (κ2) is 9.29. The first-order valence-electron chi connectivity index (χ1n) is 9.67. The summed E-state index contributed by atoms with van der Waals surface area (Å²) in [6, 6.07) is 4.77. The zero-order chi connectivity index (χ0) is 21.7. The summed E-state index contributed by atoms with van der Waals surface area (Å²) in [7, 11) is 0. The monoisotopic (exact) mass is 423 g/mol. The molecule has 2 aromatic rings. The Morgan fingerprint density at radius 1 is 1.27 bits per heavy atom. The fourth-order valence-electron chi connectivity index (χ4n) is 3.23. The van der Waals surface area contributed by atoms with Gasteiger partial charge in [0, 0.05) is 12.5 Å². The predicted molar refractivity (Wildman–Crippen MR) is 107 cm³/mol. The molecule has 3 rings (SSSR count). The molecule has 0 aliphatic carbocycles. The van der Waals surface area contributed by atoms with E-state index in [0.29, 0.717) is 23.6 Å². The topological polar surface area (TPSA) is 88.2 Å². The summed E-state index contributed by atoms with van der Waals surface area (Å²) in [5, 5.41) is 8.40. The number of halogens is 3. The van der Waals surface area contributed by atoms with E-state index in [0.717, 1.165) is 37.7 Å². The van der Waals surface area contributed by atoms with Gasteiger partial charge in [0.05, 0.1) is 18.1 Å². The SMILES string of the molecule is Cc1ccc(OC(C)C2CCCNC2)c(NC(=O)Nc2cnc(C(F)(F)F)cn2)c1. The van der Waals surface area contributed by atoms with Crippen LogP contribution in [0.4, 0.5) is 29.5 Å². The molecule has 1 aromatic carbocycles. The van der Waals surface area contributed by atoms with E-state index in [4.69, 9.17) is 4.74 Å². The molecule has 0 spiro atoms. The second-order valence-corrected chi connectivity index (χ2v) is 7.29. The lowest BCUT2D eigenvalue weighted by Gasteiger charge is -2.29. The van der Waals surface area contributed by atoms with E-state index in [2.05, 4.69) is 25.9 Å². The van der Waals surface area contributed by atoms with Gasteiger partial charge in [-0.25, -0.2) is 14.8 Å². The summed E-state index contributed by atoms with van der Waals surface area (Å²) in [4.78, 5) is 19.2. The number of piperidine rings is 1. The van der Waals surface area contributed by atoms with E-state index >= 15 is 0 Å². The minimum atomic E-state index is -4.59. The molecule has 1 saturated heterocycles. The molecule has 1 aromatic heterocycles. The molecular formula is C20H24F3N5O2. The molecule has 3 N–H and O–H groups in total. The predicted octanol–water partition coefficient (Wildman–Crippen LogP) is 4.21. The molecule has 1 aliphatic rings. The number of nitrogens with zero attached hydrogens (tertiary/aromatic N) is 2. The Morgan fingerprint density at radius 2 is 2.07 bits per heavy atom. The number of anilines is 2. The molecule has 2 heterocycles. The lowest BCUT2D eigenvalue weighted by molar-refractivity contribution is -0.141. The van der Waals surface area contributed by atoms with Gasteiger partial charge in [0.15, 0.2) is 11.5 Å². The van der Waals surface area contributed by atoms with Crippen molar-refractivity contribution < 1.29 is 22.7 Å². The quantitative estimate of drug-likeness (QED) is 0.670. The summed E-state index contributed by atoms with van der Waals surface area (Å²) in [5.74, 6) is 0.786. The van der Waals surface area contributed by atoms with Gasteiger partial charge in [0.1, 0.15) is 11.9 Å². The highest BCUT2D eigenvalue weighted by atomic mass is 19.4. The summed E-state index contributed by atoms with van der Waals surface area (Å²) in [5.41, 5.74) is 0.246. The number of benzene rings is 1. The van der Waals surface area contributed by atoms with Gasteiger partial charge in [0.25, 0.3) is 0 Å². The molecule has 2 atom stereocenters. The Balaban J connectivity index is 1.66. The van der Waals surface area contributed by atoms with Crippen molar-refractivity contribution in [1.82, 2.24) is 15.3 Å². The van der Waals surface area contributed by atoms with E-state index in [9.17, 15) is 18.0 Å². The number of rotatable bonds is 5. The number of ether oxygens (including phenoxy) is 1. The minimum Gasteiger partial charge on any atom is -0.488 e. The summed E-state index contributed by atoms with van der Waals surface area (Å²) >= 11 is 0. The van der Waals surface area contributed by atoms with Gasteiger partial charge in [-0.3, -0.25) is 5.32 Å². The van der Waals surface area contributed by atoms with Crippen LogP contribution >= 0.6 is 0 Å². The first-order valence-corrected chi connectivity index (χ1v) is 9.67. The van der Waals surface area contributed by atoms with Crippen molar-refractivity contribution in [3.05, 3.63) is 41.9 Å². The van der Waals surface area contributed by atoms with Crippen molar-refractivity contribution in [3.8, 4) is 5.75 Å². The van der Waals surface area contributed by atoms with Crippen LogP contribution in [0.3, 0.4) is 0 Å². The molecule has 1 aliphatic heterocycles. The van der Waals surface area contributed by atoms with Gasteiger partial charge >= 0.3 is 12.2 Å². The Bertz CT molecular complexity index is 868. The van der Waals surface area contributed by atoms with E-state index in [-0.39, 0.29) is 11.9 Å². The van der Waals surface area contributed by atoms with Crippen molar-refractivity contribution >= 4 is 17.5 Å². The smallest absolute Gasteiger partial charge is 0.434 e. The summed E-state index contributed by atoms with van der Waals surface area (Å²) in [6.07, 6.45) is -1.06. The Kier molecular flexibility index (Phi) is 6.76. The number of carbonyl (C=O) groups is 1. The molecule has 1 fully saturated rings. The third-order valence-electron chi connectivity index (χ3n) is 4.88. The van der Waals surface area contributed by atoms with Gasteiger partial charge in [-0.1, -0.05) is 6.07 Å². The third-order valence-corrected chi connectivity index (χ3v) is 4.88. The number of aryl methyl sites for hydroxylation is 1. The average Bonchev–Trinajstić information content (AvgIpc) is 2.70. The lowest BCUT2D eigenvalue weighted by atomic mass is 9.94. The number of carbonyl (C=O) groups excluding carboxylic acids is 1. The molecule has 10 heteroatoms. The molecule has 0 radical (unpaired) electrons. The molecule has 2 unspecified atom stereocenters. The van der Waals surface area contributed by atoms with Crippen LogP contribution in [0.1, 0.15) is 31.0 Å².